The van der Waals surface area contributed by atoms with Crippen LogP contribution in [0.25, 0.3) is 20.7 Å². The minimum Gasteiger partial charge on any atom is -0.316 e. The zero-order valence-corrected chi connectivity index (χ0v) is 15.2. The summed E-state index contributed by atoms with van der Waals surface area (Å²) < 4.78 is 28.5. The van der Waals surface area contributed by atoms with Gasteiger partial charge in [0.2, 0.25) is 0 Å². The van der Waals surface area contributed by atoms with Gasteiger partial charge in [0.1, 0.15) is 17.3 Å². The molecule has 0 bridgehead atoms. The molecule has 0 saturated heterocycles. The van der Waals surface area contributed by atoms with Crippen molar-refractivity contribution in [1.29, 1.82) is 0 Å². The van der Waals surface area contributed by atoms with Crippen molar-refractivity contribution in [2.45, 2.75) is 6.92 Å². The highest BCUT2D eigenvalue weighted by molar-refractivity contribution is 7.18. The molecule has 130 valence electrons. The van der Waals surface area contributed by atoms with Crippen LogP contribution in [-0.2, 0) is 0 Å². The number of hydrogen-bond donors (Lipinski definition) is 1. The molecule has 0 saturated carbocycles. The molecule has 0 spiro atoms. The Hall–Kier alpha value is -2.64. The van der Waals surface area contributed by atoms with Crippen LogP contribution >= 0.6 is 22.7 Å². The fourth-order valence-corrected chi connectivity index (χ4v) is 4.35. The Kier molecular flexibility index (Phi) is 4.26. The van der Waals surface area contributed by atoms with E-state index in [9.17, 15) is 13.6 Å². The molecule has 1 N–H and O–H groups in total. The lowest BCUT2D eigenvalue weighted by atomic mass is 10.1. The summed E-state index contributed by atoms with van der Waals surface area (Å²) in [7, 11) is 0. The first-order chi connectivity index (χ1) is 12.5. The topological polar surface area (TPSA) is 42.0 Å². The number of aromatic nitrogens is 1. The summed E-state index contributed by atoms with van der Waals surface area (Å²) in [4.78, 5) is 18.0. The first kappa shape index (κ1) is 16.8. The number of thiophene rings is 1. The van der Waals surface area contributed by atoms with Gasteiger partial charge < -0.3 is 5.32 Å². The fraction of sp³-hybridized carbons (Fsp3) is 0.0526. The summed E-state index contributed by atoms with van der Waals surface area (Å²) in [5, 5.41) is 2.31. The van der Waals surface area contributed by atoms with Crippen LogP contribution in [-0.4, -0.2) is 10.9 Å². The summed E-state index contributed by atoms with van der Waals surface area (Å²) in [6, 6.07) is 11.0. The lowest BCUT2D eigenvalue weighted by Gasteiger charge is -2.06. The number of aryl methyl sites for hydroxylation is 1. The van der Waals surface area contributed by atoms with Crippen molar-refractivity contribution in [3.8, 4) is 10.4 Å². The van der Waals surface area contributed by atoms with Gasteiger partial charge in [-0.1, -0.05) is 6.07 Å². The van der Waals surface area contributed by atoms with E-state index < -0.39 is 23.2 Å². The molecule has 1 amide bonds. The molecule has 7 heteroatoms. The average molecular weight is 386 g/mol. The van der Waals surface area contributed by atoms with Crippen molar-refractivity contribution < 1.29 is 13.6 Å². The third-order valence-corrected chi connectivity index (χ3v) is 5.88. The number of amides is 1. The van der Waals surface area contributed by atoms with Gasteiger partial charge in [0, 0.05) is 4.88 Å². The van der Waals surface area contributed by atoms with E-state index in [0.29, 0.717) is 4.88 Å². The molecule has 4 rings (SSSR count). The largest absolute Gasteiger partial charge is 0.316 e. The van der Waals surface area contributed by atoms with Gasteiger partial charge in [-0.15, -0.1) is 22.7 Å². The van der Waals surface area contributed by atoms with Crippen LogP contribution in [0.1, 0.15) is 15.2 Å². The number of thiazole rings is 1. The van der Waals surface area contributed by atoms with Crippen LogP contribution in [0.5, 0.6) is 0 Å². The lowest BCUT2D eigenvalue weighted by molar-refractivity contribution is 0.102. The van der Waals surface area contributed by atoms with Crippen LogP contribution in [0, 0.1) is 18.6 Å². The molecule has 2 aromatic carbocycles. The third kappa shape index (κ3) is 3.00. The Bertz CT molecular complexity index is 1110. The van der Waals surface area contributed by atoms with Crippen molar-refractivity contribution in [3.63, 3.8) is 0 Å². The smallest absolute Gasteiger partial charge is 0.265 e. The summed E-state index contributed by atoms with van der Waals surface area (Å²) in [5.41, 5.74) is 4.38. The second-order valence-electron chi connectivity index (χ2n) is 5.70. The van der Waals surface area contributed by atoms with Crippen molar-refractivity contribution >= 4 is 44.5 Å². The normalized spacial score (nSPS) is 11.0. The number of carbonyl (C=O) groups excluding carboxylic acids is 1. The zero-order chi connectivity index (χ0) is 18.3. The fourth-order valence-electron chi connectivity index (χ4n) is 2.67. The number of benzene rings is 2. The van der Waals surface area contributed by atoms with Gasteiger partial charge >= 0.3 is 0 Å². The predicted octanol–water partition coefficient (Wildman–Crippen LogP) is 5.86. The molecule has 0 aliphatic rings. The third-order valence-electron chi connectivity index (χ3n) is 3.97. The number of anilines is 1. The SMILES string of the molecule is Cc1cc2ncsc2cc1-c1ccc(C(=O)Nc2c(F)cccc2F)s1. The molecule has 2 aromatic heterocycles. The van der Waals surface area contributed by atoms with E-state index in [-0.39, 0.29) is 0 Å². The number of carbonyl (C=O) groups is 1. The Morgan fingerprint density at radius 1 is 1.12 bits per heavy atom. The first-order valence-electron chi connectivity index (χ1n) is 7.72. The number of fused-ring (bicyclic) bond motifs is 1. The average Bonchev–Trinajstić information content (AvgIpc) is 3.26. The minimum atomic E-state index is -0.804. The van der Waals surface area contributed by atoms with Crippen LogP contribution in [0.2, 0.25) is 0 Å². The number of para-hydroxylation sites is 1. The van der Waals surface area contributed by atoms with E-state index in [1.165, 1.54) is 17.4 Å². The molecular weight excluding hydrogens is 374 g/mol. The van der Waals surface area contributed by atoms with Gasteiger partial charge in [0.25, 0.3) is 5.91 Å². The summed E-state index contributed by atoms with van der Waals surface area (Å²) in [6.45, 7) is 1.99. The van der Waals surface area contributed by atoms with E-state index >= 15 is 0 Å². The molecule has 0 atom stereocenters. The molecule has 0 radical (unpaired) electrons. The molecule has 0 fully saturated rings. The summed E-state index contributed by atoms with van der Waals surface area (Å²) >= 11 is 2.83. The number of hydrogen-bond acceptors (Lipinski definition) is 4. The maximum atomic E-state index is 13.7. The molecule has 3 nitrogen and oxygen atoms in total. The molecular formula is C19H12F2N2OS2. The molecule has 2 heterocycles. The van der Waals surface area contributed by atoms with Crippen molar-refractivity contribution in [3.05, 3.63) is 70.1 Å². The van der Waals surface area contributed by atoms with Gasteiger partial charge in [-0.05, 0) is 54.4 Å². The highest BCUT2D eigenvalue weighted by Crippen LogP contribution is 2.34. The Morgan fingerprint density at radius 3 is 2.65 bits per heavy atom. The van der Waals surface area contributed by atoms with E-state index in [2.05, 4.69) is 10.3 Å². The number of nitrogens with zero attached hydrogens (tertiary/aromatic N) is 1. The summed E-state index contributed by atoms with van der Waals surface area (Å²) in [6.07, 6.45) is 0. The van der Waals surface area contributed by atoms with E-state index in [1.807, 2.05) is 25.1 Å². The molecule has 0 aliphatic carbocycles. The maximum Gasteiger partial charge on any atom is 0.265 e. The predicted molar refractivity (Wildman–Crippen MR) is 102 cm³/mol. The first-order valence-corrected chi connectivity index (χ1v) is 9.42. The van der Waals surface area contributed by atoms with Gasteiger partial charge in [0.05, 0.1) is 20.6 Å². The monoisotopic (exact) mass is 386 g/mol. The molecule has 0 unspecified atom stereocenters. The van der Waals surface area contributed by atoms with Crippen LogP contribution in [0.15, 0.2) is 48.0 Å². The second kappa shape index (κ2) is 6.59. The number of rotatable bonds is 3. The van der Waals surface area contributed by atoms with Crippen LogP contribution in [0.3, 0.4) is 0 Å². The van der Waals surface area contributed by atoms with Crippen molar-refractivity contribution in [2.24, 2.45) is 0 Å². The van der Waals surface area contributed by atoms with Gasteiger partial charge in [-0.2, -0.15) is 0 Å². The summed E-state index contributed by atoms with van der Waals surface area (Å²) in [5.74, 6) is -2.15. The van der Waals surface area contributed by atoms with Gasteiger partial charge in [-0.3, -0.25) is 4.79 Å². The molecule has 26 heavy (non-hydrogen) atoms. The molecule has 0 aliphatic heterocycles. The van der Waals surface area contributed by atoms with Gasteiger partial charge in [0.15, 0.2) is 0 Å². The highest BCUT2D eigenvalue weighted by atomic mass is 32.1. The van der Waals surface area contributed by atoms with Gasteiger partial charge in [-0.25, -0.2) is 13.8 Å². The Labute approximate surface area is 155 Å². The maximum absolute atomic E-state index is 13.7. The van der Waals surface area contributed by atoms with Crippen molar-refractivity contribution in [2.75, 3.05) is 5.32 Å². The second-order valence-corrected chi connectivity index (χ2v) is 7.67. The Balaban J connectivity index is 1.65. The van der Waals surface area contributed by atoms with E-state index in [1.54, 1.807) is 22.9 Å². The van der Waals surface area contributed by atoms with E-state index in [4.69, 9.17) is 0 Å². The van der Waals surface area contributed by atoms with E-state index in [0.717, 1.165) is 38.4 Å². The standard InChI is InChI=1S/C19H12F2N2OS2/c1-10-7-14-17(25-9-22-14)8-11(10)15-5-6-16(26-15)19(24)23-18-12(20)3-2-4-13(18)21/h2-9H,1H3,(H,23,24). The van der Waals surface area contributed by atoms with Crippen LogP contribution < -0.4 is 5.32 Å². The Morgan fingerprint density at radius 2 is 1.88 bits per heavy atom. The van der Waals surface area contributed by atoms with Crippen molar-refractivity contribution in [1.82, 2.24) is 4.98 Å². The quantitative estimate of drug-likeness (QED) is 0.479. The lowest BCUT2D eigenvalue weighted by Crippen LogP contribution is -2.12. The zero-order valence-electron chi connectivity index (χ0n) is 13.5. The molecule has 4 aromatic rings. The number of halogens is 2. The highest BCUT2D eigenvalue weighted by Gasteiger charge is 2.16. The van der Waals surface area contributed by atoms with Crippen LogP contribution in [0.4, 0.5) is 14.5 Å². The number of nitrogens with one attached hydrogen (secondary N) is 1. The minimum absolute atomic E-state index is 0.381.